The Labute approximate surface area is 167 Å². The Balaban J connectivity index is 1.41. The number of anilines is 1. The van der Waals surface area contributed by atoms with E-state index in [1.54, 1.807) is 11.3 Å². The number of rotatable bonds is 5. The van der Waals surface area contributed by atoms with Crippen LogP contribution in [0, 0.1) is 13.8 Å². The molecule has 3 aromatic carbocycles. The molecule has 0 radical (unpaired) electrons. The summed E-state index contributed by atoms with van der Waals surface area (Å²) < 4.78 is 6.77. The molecule has 0 aliphatic heterocycles. The Morgan fingerprint density at radius 2 is 1.82 bits per heavy atom. The number of thiazole rings is 1. The molecule has 4 aromatic rings. The maximum Gasteiger partial charge on any atom is 0.262 e. The van der Waals surface area contributed by atoms with Crippen molar-refractivity contribution in [2.45, 2.75) is 13.8 Å². The van der Waals surface area contributed by atoms with Crippen LogP contribution in [0.15, 0.2) is 66.7 Å². The molecule has 5 heteroatoms. The van der Waals surface area contributed by atoms with Crippen LogP contribution in [0.3, 0.4) is 0 Å². The zero-order valence-corrected chi connectivity index (χ0v) is 16.5. The van der Waals surface area contributed by atoms with E-state index in [0.717, 1.165) is 33.1 Å². The number of amides is 1. The van der Waals surface area contributed by atoms with Gasteiger partial charge >= 0.3 is 0 Å². The maximum atomic E-state index is 12.2. The van der Waals surface area contributed by atoms with Gasteiger partial charge in [0, 0.05) is 11.3 Å². The molecule has 0 bridgehead atoms. The molecular weight excluding hydrogens is 368 g/mol. The molecule has 0 spiro atoms. The first kappa shape index (κ1) is 18.2. The van der Waals surface area contributed by atoms with Crippen molar-refractivity contribution in [2.24, 2.45) is 0 Å². The molecule has 0 saturated heterocycles. The first-order valence-corrected chi connectivity index (χ1v) is 9.86. The van der Waals surface area contributed by atoms with Crippen molar-refractivity contribution in [1.29, 1.82) is 0 Å². The number of hydrogen-bond donors (Lipinski definition) is 1. The number of nitrogens with zero attached hydrogens (tertiary/aromatic N) is 1. The Hall–Kier alpha value is -3.18. The Morgan fingerprint density at radius 3 is 2.61 bits per heavy atom. The Bertz CT molecular complexity index is 1130. The number of aryl methyl sites for hydroxylation is 2. The molecule has 1 aromatic heterocycles. The summed E-state index contributed by atoms with van der Waals surface area (Å²) in [6.07, 6.45) is 0. The topological polar surface area (TPSA) is 51.2 Å². The van der Waals surface area contributed by atoms with Gasteiger partial charge in [0.2, 0.25) is 0 Å². The van der Waals surface area contributed by atoms with Gasteiger partial charge in [0.15, 0.2) is 6.61 Å². The van der Waals surface area contributed by atoms with Crippen LogP contribution in [-0.4, -0.2) is 17.5 Å². The number of carbonyl (C=O) groups excluding carboxylic acids is 1. The number of para-hydroxylation sites is 1. The highest BCUT2D eigenvalue weighted by Gasteiger charge is 2.08. The van der Waals surface area contributed by atoms with Gasteiger partial charge in [0.25, 0.3) is 5.91 Å². The zero-order valence-electron chi connectivity index (χ0n) is 15.7. The van der Waals surface area contributed by atoms with Crippen molar-refractivity contribution >= 4 is 33.1 Å². The van der Waals surface area contributed by atoms with Crippen molar-refractivity contribution < 1.29 is 9.53 Å². The number of benzene rings is 3. The lowest BCUT2D eigenvalue weighted by molar-refractivity contribution is -0.118. The minimum atomic E-state index is -0.188. The third kappa shape index (κ3) is 4.05. The van der Waals surface area contributed by atoms with E-state index in [0.29, 0.717) is 0 Å². The van der Waals surface area contributed by atoms with Crippen LogP contribution in [0.4, 0.5) is 5.69 Å². The van der Waals surface area contributed by atoms with Gasteiger partial charge in [0.05, 0.1) is 10.2 Å². The Morgan fingerprint density at radius 1 is 1.04 bits per heavy atom. The van der Waals surface area contributed by atoms with Gasteiger partial charge in [0.1, 0.15) is 10.8 Å². The van der Waals surface area contributed by atoms with Crippen LogP contribution in [0.1, 0.15) is 11.1 Å². The number of fused-ring (bicyclic) bond motifs is 1. The second-order valence-corrected chi connectivity index (χ2v) is 7.70. The lowest BCUT2D eigenvalue weighted by Gasteiger charge is -2.09. The fourth-order valence-electron chi connectivity index (χ4n) is 2.91. The van der Waals surface area contributed by atoms with E-state index in [-0.39, 0.29) is 12.5 Å². The van der Waals surface area contributed by atoms with Crippen LogP contribution in [0.25, 0.3) is 20.8 Å². The maximum absolute atomic E-state index is 12.2. The highest BCUT2D eigenvalue weighted by atomic mass is 32.1. The SMILES string of the molecule is Cc1ccc2nc(-c3ccc(NC(=O)COc4ccccc4C)cc3)sc2c1. The third-order valence-corrected chi connectivity index (χ3v) is 5.48. The standard InChI is InChI=1S/C23H20N2O2S/c1-15-7-12-19-21(13-15)28-23(25-19)17-8-10-18(11-9-17)24-22(26)14-27-20-6-4-3-5-16(20)2/h3-13H,14H2,1-2H3,(H,24,26). The number of ether oxygens (including phenoxy) is 1. The first-order valence-electron chi connectivity index (χ1n) is 9.04. The van der Waals surface area contributed by atoms with Crippen molar-refractivity contribution in [3.8, 4) is 16.3 Å². The normalized spacial score (nSPS) is 10.8. The highest BCUT2D eigenvalue weighted by molar-refractivity contribution is 7.21. The van der Waals surface area contributed by atoms with Crippen molar-refractivity contribution in [3.05, 3.63) is 77.9 Å². The summed E-state index contributed by atoms with van der Waals surface area (Å²) in [6, 6.07) is 21.6. The van der Waals surface area contributed by atoms with Gasteiger partial charge in [-0.1, -0.05) is 24.3 Å². The van der Waals surface area contributed by atoms with Gasteiger partial charge in [-0.15, -0.1) is 11.3 Å². The molecule has 0 fully saturated rings. The lowest BCUT2D eigenvalue weighted by atomic mass is 10.2. The number of hydrogen-bond acceptors (Lipinski definition) is 4. The summed E-state index contributed by atoms with van der Waals surface area (Å²) in [7, 11) is 0. The molecule has 1 amide bonds. The molecule has 4 nitrogen and oxygen atoms in total. The quantitative estimate of drug-likeness (QED) is 0.484. The molecule has 140 valence electrons. The summed E-state index contributed by atoms with van der Waals surface area (Å²) in [5.74, 6) is 0.533. The first-order chi connectivity index (χ1) is 13.6. The molecule has 0 atom stereocenters. The summed E-state index contributed by atoms with van der Waals surface area (Å²) in [4.78, 5) is 16.9. The number of carbonyl (C=O) groups is 1. The minimum absolute atomic E-state index is 0.0240. The van der Waals surface area contributed by atoms with Gasteiger partial charge < -0.3 is 10.1 Å². The molecule has 0 aliphatic carbocycles. The molecule has 0 aliphatic rings. The van der Waals surface area contributed by atoms with E-state index in [2.05, 4.69) is 24.4 Å². The van der Waals surface area contributed by atoms with Gasteiger partial charge in [-0.3, -0.25) is 4.79 Å². The smallest absolute Gasteiger partial charge is 0.262 e. The fourth-order valence-corrected chi connectivity index (χ4v) is 3.98. The predicted octanol–water partition coefficient (Wildman–Crippen LogP) is 5.60. The molecule has 0 saturated carbocycles. The average Bonchev–Trinajstić information content (AvgIpc) is 3.11. The van der Waals surface area contributed by atoms with Crippen molar-refractivity contribution in [2.75, 3.05) is 11.9 Å². The summed E-state index contributed by atoms with van der Waals surface area (Å²) >= 11 is 1.67. The largest absolute Gasteiger partial charge is 0.483 e. The Kier molecular flexibility index (Phi) is 5.08. The monoisotopic (exact) mass is 388 g/mol. The van der Waals surface area contributed by atoms with Crippen LogP contribution in [0.2, 0.25) is 0 Å². The highest BCUT2D eigenvalue weighted by Crippen LogP contribution is 2.31. The average molecular weight is 388 g/mol. The van der Waals surface area contributed by atoms with Gasteiger partial charge in [-0.05, 0) is 67.4 Å². The third-order valence-electron chi connectivity index (χ3n) is 4.41. The van der Waals surface area contributed by atoms with E-state index in [4.69, 9.17) is 9.72 Å². The minimum Gasteiger partial charge on any atom is -0.483 e. The second kappa shape index (κ2) is 7.82. The number of aromatic nitrogens is 1. The molecule has 1 heterocycles. The van der Waals surface area contributed by atoms with E-state index in [9.17, 15) is 4.79 Å². The molecule has 28 heavy (non-hydrogen) atoms. The van der Waals surface area contributed by atoms with Crippen LogP contribution in [0.5, 0.6) is 5.75 Å². The van der Waals surface area contributed by atoms with E-state index >= 15 is 0 Å². The lowest BCUT2D eigenvalue weighted by Crippen LogP contribution is -2.20. The predicted molar refractivity (Wildman–Crippen MR) is 115 cm³/mol. The van der Waals surface area contributed by atoms with Crippen molar-refractivity contribution in [1.82, 2.24) is 4.98 Å². The van der Waals surface area contributed by atoms with Gasteiger partial charge in [-0.2, -0.15) is 0 Å². The van der Waals surface area contributed by atoms with E-state index < -0.39 is 0 Å². The van der Waals surface area contributed by atoms with Crippen LogP contribution < -0.4 is 10.1 Å². The fraction of sp³-hybridized carbons (Fsp3) is 0.130. The van der Waals surface area contributed by atoms with E-state index in [1.165, 1.54) is 10.3 Å². The number of nitrogens with one attached hydrogen (secondary N) is 1. The molecule has 0 unspecified atom stereocenters. The second-order valence-electron chi connectivity index (χ2n) is 6.67. The van der Waals surface area contributed by atoms with E-state index in [1.807, 2.05) is 61.5 Å². The van der Waals surface area contributed by atoms with Crippen LogP contribution >= 0.6 is 11.3 Å². The summed E-state index contributed by atoms with van der Waals surface area (Å²) in [5.41, 5.74) is 5.02. The summed E-state index contributed by atoms with van der Waals surface area (Å²) in [5, 5.41) is 3.84. The summed E-state index contributed by atoms with van der Waals surface area (Å²) in [6.45, 7) is 4.01. The van der Waals surface area contributed by atoms with Crippen molar-refractivity contribution in [3.63, 3.8) is 0 Å². The zero-order chi connectivity index (χ0) is 19.5. The van der Waals surface area contributed by atoms with Crippen LogP contribution in [-0.2, 0) is 4.79 Å². The molecule has 1 N–H and O–H groups in total. The molecular formula is C23H20N2O2S. The van der Waals surface area contributed by atoms with Gasteiger partial charge in [-0.25, -0.2) is 4.98 Å². The molecule has 4 rings (SSSR count).